The number of hydrogen-bond donors (Lipinski definition) is 2. The van der Waals surface area contributed by atoms with E-state index in [-0.39, 0.29) is 11.3 Å². The highest BCUT2D eigenvalue weighted by atomic mass is 16.4. The molecule has 2 aromatic carbocycles. The Balaban J connectivity index is 2.22. The van der Waals surface area contributed by atoms with Gasteiger partial charge in [0.1, 0.15) is 5.56 Å². The molecule has 0 fully saturated rings. The molecule has 6 heteroatoms. The summed E-state index contributed by atoms with van der Waals surface area (Å²) in [6, 6.07) is 11.8. The summed E-state index contributed by atoms with van der Waals surface area (Å²) in [5.41, 5.74) is 2.60. The molecule has 0 saturated carbocycles. The van der Waals surface area contributed by atoms with E-state index >= 15 is 0 Å². The number of carboxylic acid groups (broad SMARTS) is 1. The number of aromatic carboxylic acids is 1. The Morgan fingerprint density at radius 2 is 2.00 bits per heavy atom. The van der Waals surface area contributed by atoms with Gasteiger partial charge in [-0.05, 0) is 30.3 Å². The van der Waals surface area contributed by atoms with E-state index in [1.54, 1.807) is 12.1 Å². The van der Waals surface area contributed by atoms with Crippen LogP contribution in [0, 0.1) is 0 Å². The summed E-state index contributed by atoms with van der Waals surface area (Å²) >= 11 is 0. The van der Waals surface area contributed by atoms with Crippen molar-refractivity contribution < 1.29 is 15.0 Å². The molecule has 0 spiro atoms. The molecule has 0 aliphatic rings. The Kier molecular flexibility index (Phi) is 3.95. The number of carboxylic acids is 1. The molecule has 24 heavy (non-hydrogen) atoms. The maximum Gasteiger partial charge on any atom is 0.339 e. The van der Waals surface area contributed by atoms with Crippen LogP contribution in [0.15, 0.2) is 48.7 Å². The minimum absolute atomic E-state index is 0.0507. The third-order valence-electron chi connectivity index (χ3n) is 3.70. The van der Waals surface area contributed by atoms with E-state index in [1.165, 1.54) is 18.3 Å². The molecule has 122 valence electrons. The number of hydrogen-bond acceptors (Lipinski definition) is 5. The first kappa shape index (κ1) is 15.6. The largest absolute Gasteiger partial charge is 0.872 e. The smallest absolute Gasteiger partial charge is 0.339 e. The van der Waals surface area contributed by atoms with Crippen molar-refractivity contribution in [3.63, 3.8) is 0 Å². The van der Waals surface area contributed by atoms with E-state index in [2.05, 4.69) is 10.3 Å². The van der Waals surface area contributed by atoms with Gasteiger partial charge in [-0.15, -0.1) is 5.75 Å². The van der Waals surface area contributed by atoms with Crippen LogP contribution in [0.3, 0.4) is 0 Å². The summed E-state index contributed by atoms with van der Waals surface area (Å²) in [5.74, 6) is -1.23. The van der Waals surface area contributed by atoms with E-state index < -0.39 is 5.97 Å². The van der Waals surface area contributed by atoms with E-state index in [9.17, 15) is 15.0 Å². The average molecular weight is 322 g/mol. The number of nitrogens with one attached hydrogen (secondary N) is 1. The van der Waals surface area contributed by atoms with Crippen molar-refractivity contribution >= 4 is 33.9 Å². The normalized spacial score (nSPS) is 10.6. The second-order valence-electron chi connectivity index (χ2n) is 5.60. The summed E-state index contributed by atoms with van der Waals surface area (Å²) in [6.45, 7) is 0. The highest BCUT2D eigenvalue weighted by Crippen LogP contribution is 2.32. The first-order chi connectivity index (χ1) is 11.5. The molecule has 0 amide bonds. The summed E-state index contributed by atoms with van der Waals surface area (Å²) in [5, 5.41) is 24.8. The molecule has 2 N–H and O–H groups in total. The summed E-state index contributed by atoms with van der Waals surface area (Å²) in [6.07, 6.45) is 1.32. The van der Waals surface area contributed by atoms with Crippen molar-refractivity contribution in [2.24, 2.45) is 0 Å². The molecular formula is C18H16N3O3-. The monoisotopic (exact) mass is 322 g/mol. The molecule has 0 bridgehead atoms. The second-order valence-corrected chi connectivity index (χ2v) is 5.60. The van der Waals surface area contributed by atoms with E-state index in [0.717, 1.165) is 5.69 Å². The van der Waals surface area contributed by atoms with Gasteiger partial charge in [-0.2, -0.15) is 0 Å². The Labute approximate surface area is 139 Å². The lowest BCUT2D eigenvalue weighted by Gasteiger charge is -2.17. The van der Waals surface area contributed by atoms with Crippen LogP contribution in [0.2, 0.25) is 0 Å². The Hall–Kier alpha value is -3.28. The summed E-state index contributed by atoms with van der Waals surface area (Å²) in [7, 11) is 3.81. The van der Waals surface area contributed by atoms with Crippen LogP contribution in [-0.4, -0.2) is 30.2 Å². The molecule has 0 radical (unpaired) electrons. The van der Waals surface area contributed by atoms with Gasteiger partial charge in [0.05, 0.1) is 11.2 Å². The number of anilines is 3. The highest BCUT2D eigenvalue weighted by molar-refractivity contribution is 6.06. The average Bonchev–Trinajstić information content (AvgIpc) is 2.54. The molecule has 1 heterocycles. The number of benzene rings is 2. The fraction of sp³-hybridized carbons (Fsp3) is 0.111. The third kappa shape index (κ3) is 2.94. The lowest BCUT2D eigenvalue weighted by Crippen LogP contribution is -2.09. The molecule has 3 rings (SSSR count). The zero-order valence-electron chi connectivity index (χ0n) is 13.3. The van der Waals surface area contributed by atoms with Gasteiger partial charge in [0.15, 0.2) is 0 Å². The van der Waals surface area contributed by atoms with Crippen LogP contribution in [0.25, 0.3) is 10.9 Å². The fourth-order valence-electron chi connectivity index (χ4n) is 2.47. The van der Waals surface area contributed by atoms with Crippen LogP contribution >= 0.6 is 0 Å². The number of fused-ring (bicyclic) bond motifs is 1. The molecule has 0 aliphatic carbocycles. The Morgan fingerprint density at radius 1 is 1.21 bits per heavy atom. The van der Waals surface area contributed by atoms with Crippen molar-refractivity contribution in [2.75, 3.05) is 24.3 Å². The maximum absolute atomic E-state index is 11.6. The van der Waals surface area contributed by atoms with Crippen LogP contribution in [0.1, 0.15) is 10.4 Å². The minimum Gasteiger partial charge on any atom is -0.872 e. The number of rotatable bonds is 4. The number of pyridine rings is 1. The van der Waals surface area contributed by atoms with Gasteiger partial charge in [-0.3, -0.25) is 4.98 Å². The van der Waals surface area contributed by atoms with Gasteiger partial charge in [0.2, 0.25) is 0 Å². The van der Waals surface area contributed by atoms with Gasteiger partial charge >= 0.3 is 5.97 Å². The first-order valence-corrected chi connectivity index (χ1v) is 7.33. The van der Waals surface area contributed by atoms with Crippen molar-refractivity contribution in [3.8, 4) is 5.75 Å². The first-order valence-electron chi connectivity index (χ1n) is 7.33. The molecule has 1 aromatic heterocycles. The summed E-state index contributed by atoms with van der Waals surface area (Å²) < 4.78 is 0. The van der Waals surface area contributed by atoms with Gasteiger partial charge < -0.3 is 20.4 Å². The lowest BCUT2D eigenvalue weighted by molar-refractivity contribution is -0.268. The number of aromatic nitrogens is 1. The van der Waals surface area contributed by atoms with Crippen LogP contribution < -0.4 is 15.3 Å². The molecule has 0 unspecified atom stereocenters. The molecule has 0 saturated heterocycles. The number of carbonyl (C=O) groups is 1. The second kappa shape index (κ2) is 6.08. The standard InChI is InChI=1S/C18H17N3O3/c1-21(2)12-6-7-16-14(9-12)17(15(10-19-16)18(23)24)20-11-4-3-5-13(22)8-11/h3-10,22H,1-2H3,(H,19,20)(H,23,24)/p-1. The lowest BCUT2D eigenvalue weighted by atomic mass is 10.1. The third-order valence-corrected chi connectivity index (χ3v) is 3.70. The predicted molar refractivity (Wildman–Crippen MR) is 92.2 cm³/mol. The van der Waals surface area contributed by atoms with Crippen molar-refractivity contribution in [1.82, 2.24) is 4.98 Å². The zero-order valence-corrected chi connectivity index (χ0v) is 13.3. The van der Waals surface area contributed by atoms with Crippen molar-refractivity contribution in [2.45, 2.75) is 0 Å². The molecule has 3 aromatic rings. The van der Waals surface area contributed by atoms with Crippen LogP contribution in [0.5, 0.6) is 5.75 Å². The maximum atomic E-state index is 11.6. The van der Waals surface area contributed by atoms with E-state index in [4.69, 9.17) is 0 Å². The SMILES string of the molecule is CN(C)c1ccc2ncc(C(=O)O)c(Nc3cccc([O-])c3)c2c1. The van der Waals surface area contributed by atoms with Crippen LogP contribution in [0.4, 0.5) is 17.1 Å². The van der Waals surface area contributed by atoms with Gasteiger partial charge in [0.25, 0.3) is 0 Å². The Bertz CT molecular complexity index is 923. The molecular weight excluding hydrogens is 306 g/mol. The van der Waals surface area contributed by atoms with E-state index in [0.29, 0.717) is 22.3 Å². The summed E-state index contributed by atoms with van der Waals surface area (Å²) in [4.78, 5) is 17.7. The molecule has 0 aliphatic heterocycles. The topological polar surface area (TPSA) is 88.5 Å². The fourth-order valence-corrected chi connectivity index (χ4v) is 2.47. The zero-order chi connectivity index (χ0) is 17.3. The highest BCUT2D eigenvalue weighted by Gasteiger charge is 2.15. The number of nitrogens with zero attached hydrogens (tertiary/aromatic N) is 2. The molecule has 0 atom stereocenters. The van der Waals surface area contributed by atoms with Gasteiger partial charge in [0, 0.05) is 37.1 Å². The van der Waals surface area contributed by atoms with Crippen LogP contribution in [-0.2, 0) is 0 Å². The minimum atomic E-state index is -1.08. The quantitative estimate of drug-likeness (QED) is 0.768. The Morgan fingerprint density at radius 3 is 2.67 bits per heavy atom. The van der Waals surface area contributed by atoms with Gasteiger partial charge in [-0.1, -0.05) is 12.1 Å². The van der Waals surface area contributed by atoms with Crippen molar-refractivity contribution in [3.05, 3.63) is 54.2 Å². The molecule has 6 nitrogen and oxygen atoms in total. The van der Waals surface area contributed by atoms with E-state index in [1.807, 2.05) is 37.2 Å². The van der Waals surface area contributed by atoms with Crippen molar-refractivity contribution in [1.29, 1.82) is 0 Å². The van der Waals surface area contributed by atoms with Gasteiger partial charge in [-0.25, -0.2) is 4.79 Å². The predicted octanol–water partition coefficient (Wildman–Crippen LogP) is 2.82.